The monoisotopic (exact) mass is 443 g/mol. The molecule has 1 heterocycles. The second kappa shape index (κ2) is 8.38. The highest BCUT2D eigenvalue weighted by Crippen LogP contribution is 2.44. The zero-order valence-corrected chi connectivity index (χ0v) is 18.3. The molecule has 4 rings (SSSR count). The van der Waals surface area contributed by atoms with Gasteiger partial charge in [-0.25, -0.2) is 4.79 Å². The number of hydrogen-bond acceptors (Lipinski definition) is 5. The highest BCUT2D eigenvalue weighted by molar-refractivity contribution is 6.30. The van der Waals surface area contributed by atoms with Crippen LogP contribution in [-0.2, 0) is 4.74 Å². The lowest BCUT2D eigenvalue weighted by molar-refractivity contribution is -0.384. The molecule has 164 valence electrons. The number of nitro groups is 1. The molecule has 1 saturated heterocycles. The molecule has 2 fully saturated rings. The molecule has 1 aliphatic carbocycles. The number of cyclic esters (lactones) is 1. The molecule has 2 aromatic carbocycles. The van der Waals surface area contributed by atoms with Crippen molar-refractivity contribution in [3.63, 3.8) is 0 Å². The number of ether oxygens (including phenoxy) is 1. The van der Waals surface area contributed by atoms with Gasteiger partial charge in [-0.1, -0.05) is 41.9 Å². The maximum Gasteiger partial charge on any atom is 0.411 e. The fraction of sp³-hybridized carbons (Fsp3) is 0.435. The molecule has 0 bridgehead atoms. The van der Waals surface area contributed by atoms with Gasteiger partial charge in [0.1, 0.15) is 11.3 Å². The van der Waals surface area contributed by atoms with Crippen molar-refractivity contribution in [1.29, 1.82) is 0 Å². The molecule has 1 amide bonds. The van der Waals surface area contributed by atoms with Crippen LogP contribution in [0, 0.1) is 10.1 Å². The molecule has 2 aromatic rings. The van der Waals surface area contributed by atoms with Crippen LogP contribution < -0.4 is 5.32 Å². The van der Waals surface area contributed by atoms with E-state index < -0.39 is 10.5 Å². The highest BCUT2D eigenvalue weighted by atomic mass is 35.5. The third kappa shape index (κ3) is 4.32. The third-order valence-electron chi connectivity index (χ3n) is 6.22. The van der Waals surface area contributed by atoms with Crippen LogP contribution in [-0.4, -0.2) is 33.6 Å². The van der Waals surface area contributed by atoms with Crippen molar-refractivity contribution < 1.29 is 14.5 Å². The molecule has 1 N–H and O–H groups in total. The Morgan fingerprint density at radius 3 is 2.45 bits per heavy atom. The lowest BCUT2D eigenvalue weighted by atomic mass is 9.86. The predicted molar refractivity (Wildman–Crippen MR) is 119 cm³/mol. The number of nitrogens with zero attached hydrogens (tertiary/aromatic N) is 2. The predicted octanol–water partition coefficient (Wildman–Crippen LogP) is 5.94. The van der Waals surface area contributed by atoms with Crippen molar-refractivity contribution in [1.82, 2.24) is 4.90 Å². The number of rotatable bonds is 5. The topological polar surface area (TPSA) is 84.7 Å². The molecule has 2 aliphatic rings. The third-order valence-corrected chi connectivity index (χ3v) is 6.45. The molecule has 31 heavy (non-hydrogen) atoms. The zero-order chi connectivity index (χ0) is 22.2. The number of nitro benzene ring substituents is 1. The summed E-state index contributed by atoms with van der Waals surface area (Å²) in [5.41, 5.74) is 0.901. The molecule has 1 aliphatic heterocycles. The molecule has 0 unspecified atom stereocenters. The summed E-state index contributed by atoms with van der Waals surface area (Å²) in [6, 6.07) is 14.7. The Hall–Kier alpha value is -2.80. The minimum Gasteiger partial charge on any atom is -0.441 e. The Kier molecular flexibility index (Phi) is 5.79. The normalized spacial score (nSPS) is 25.2. The molecule has 0 aromatic heterocycles. The second-order valence-corrected chi connectivity index (χ2v) is 9.20. The number of benzene rings is 2. The number of carbonyl (C=O) groups excluding carboxylic acids is 1. The average molecular weight is 444 g/mol. The van der Waals surface area contributed by atoms with E-state index in [4.69, 9.17) is 16.3 Å². The summed E-state index contributed by atoms with van der Waals surface area (Å²) < 4.78 is 5.74. The maximum atomic E-state index is 12.8. The second-order valence-electron chi connectivity index (χ2n) is 8.76. The average Bonchev–Trinajstić information content (AvgIpc) is 2.98. The van der Waals surface area contributed by atoms with Gasteiger partial charge in [0.05, 0.1) is 11.0 Å². The van der Waals surface area contributed by atoms with E-state index in [0.29, 0.717) is 10.7 Å². The summed E-state index contributed by atoms with van der Waals surface area (Å²) in [6.45, 7) is 3.91. The van der Waals surface area contributed by atoms with Crippen LogP contribution in [0.5, 0.6) is 0 Å². The smallest absolute Gasteiger partial charge is 0.411 e. The fourth-order valence-electron chi connectivity index (χ4n) is 4.83. The summed E-state index contributed by atoms with van der Waals surface area (Å²) in [6.07, 6.45) is 2.93. The van der Waals surface area contributed by atoms with Gasteiger partial charge in [0, 0.05) is 23.2 Å². The highest BCUT2D eigenvalue weighted by Gasteiger charge is 2.51. The van der Waals surface area contributed by atoms with Crippen LogP contribution in [0.15, 0.2) is 48.5 Å². The van der Waals surface area contributed by atoms with Crippen molar-refractivity contribution in [2.24, 2.45) is 0 Å². The van der Waals surface area contributed by atoms with E-state index in [1.54, 1.807) is 12.1 Å². The van der Waals surface area contributed by atoms with Crippen LogP contribution in [0.2, 0.25) is 5.02 Å². The van der Waals surface area contributed by atoms with E-state index in [2.05, 4.69) is 5.32 Å². The number of anilines is 1. The van der Waals surface area contributed by atoms with Crippen molar-refractivity contribution in [3.05, 3.63) is 69.2 Å². The summed E-state index contributed by atoms with van der Waals surface area (Å²) in [5, 5.41) is 15.0. The first-order valence-electron chi connectivity index (χ1n) is 10.5. The largest absolute Gasteiger partial charge is 0.441 e. The van der Waals surface area contributed by atoms with E-state index in [1.807, 2.05) is 49.1 Å². The molecule has 1 atom stereocenters. The first kappa shape index (κ1) is 21.4. The summed E-state index contributed by atoms with van der Waals surface area (Å²) in [7, 11) is 0. The Morgan fingerprint density at radius 1 is 1.13 bits per heavy atom. The molecule has 0 radical (unpaired) electrons. The zero-order valence-electron chi connectivity index (χ0n) is 17.6. The van der Waals surface area contributed by atoms with Crippen molar-refractivity contribution >= 4 is 29.1 Å². The van der Waals surface area contributed by atoms with Gasteiger partial charge in [0.15, 0.2) is 0 Å². The summed E-state index contributed by atoms with van der Waals surface area (Å²) in [4.78, 5) is 25.6. The van der Waals surface area contributed by atoms with Gasteiger partial charge in [-0.2, -0.15) is 0 Å². The Labute approximate surface area is 186 Å². The quantitative estimate of drug-likeness (QED) is 0.456. The van der Waals surface area contributed by atoms with Gasteiger partial charge in [0.2, 0.25) is 0 Å². The maximum absolute atomic E-state index is 12.8. The van der Waals surface area contributed by atoms with Crippen LogP contribution >= 0.6 is 11.6 Å². The number of carbonyl (C=O) groups is 1. The first-order chi connectivity index (χ1) is 14.8. The molecular weight excluding hydrogens is 418 g/mol. The Morgan fingerprint density at radius 2 is 1.81 bits per heavy atom. The number of amides is 1. The van der Waals surface area contributed by atoms with Crippen LogP contribution in [0.1, 0.15) is 51.1 Å². The Bertz CT molecular complexity index is 974. The SMILES string of the molecule is CC1(C)OC(=O)N(C2CCC(Nc3ccc(Cl)cc3[N+](=O)[O-])CC2)[C@H]1c1ccccc1. The van der Waals surface area contributed by atoms with Gasteiger partial charge < -0.3 is 10.1 Å². The molecule has 7 nitrogen and oxygen atoms in total. The van der Waals surface area contributed by atoms with Crippen LogP contribution in [0.25, 0.3) is 0 Å². The summed E-state index contributed by atoms with van der Waals surface area (Å²) >= 11 is 5.91. The van der Waals surface area contributed by atoms with Crippen molar-refractivity contribution in [3.8, 4) is 0 Å². The number of halogens is 1. The van der Waals surface area contributed by atoms with E-state index in [9.17, 15) is 14.9 Å². The first-order valence-corrected chi connectivity index (χ1v) is 10.9. The van der Waals surface area contributed by atoms with Crippen molar-refractivity contribution in [2.45, 2.75) is 63.3 Å². The molecule has 1 saturated carbocycles. The van der Waals surface area contributed by atoms with E-state index in [0.717, 1.165) is 31.2 Å². The lowest BCUT2D eigenvalue weighted by Gasteiger charge is -2.38. The molecule has 8 heteroatoms. The van der Waals surface area contributed by atoms with Crippen LogP contribution in [0.3, 0.4) is 0 Å². The summed E-state index contributed by atoms with van der Waals surface area (Å²) in [5.74, 6) is 0. The number of nitrogens with one attached hydrogen (secondary N) is 1. The minimum atomic E-state index is -0.614. The fourth-order valence-corrected chi connectivity index (χ4v) is 4.99. The minimum absolute atomic E-state index is 0.0244. The van der Waals surface area contributed by atoms with Gasteiger partial charge >= 0.3 is 6.09 Å². The van der Waals surface area contributed by atoms with Gasteiger partial charge in [0.25, 0.3) is 5.69 Å². The molecular formula is C23H26ClN3O4. The lowest BCUT2D eigenvalue weighted by Crippen LogP contribution is -2.44. The van der Waals surface area contributed by atoms with Gasteiger partial charge in [-0.05, 0) is 57.2 Å². The Balaban J connectivity index is 1.47. The standard InChI is InChI=1S/C23H26ClN3O4/c1-23(2)21(15-6-4-3-5-7-15)26(22(28)31-23)18-11-9-17(10-12-18)25-19-13-8-16(24)14-20(19)27(29)30/h3-8,13-14,17-18,21,25H,9-12H2,1-2H3/t17?,18?,21-/m0/s1. The van der Waals surface area contributed by atoms with E-state index in [-0.39, 0.29) is 29.9 Å². The van der Waals surface area contributed by atoms with Gasteiger partial charge in [-0.3, -0.25) is 15.0 Å². The van der Waals surface area contributed by atoms with Crippen LogP contribution in [0.4, 0.5) is 16.2 Å². The van der Waals surface area contributed by atoms with E-state index in [1.165, 1.54) is 6.07 Å². The van der Waals surface area contributed by atoms with Gasteiger partial charge in [-0.15, -0.1) is 0 Å². The van der Waals surface area contributed by atoms with E-state index >= 15 is 0 Å². The molecule has 0 spiro atoms. The number of hydrogen-bond donors (Lipinski definition) is 1. The van der Waals surface area contributed by atoms with Crippen molar-refractivity contribution in [2.75, 3.05) is 5.32 Å².